The van der Waals surface area contributed by atoms with E-state index in [9.17, 15) is 22.8 Å². The van der Waals surface area contributed by atoms with Crippen LogP contribution in [-0.4, -0.2) is 30.0 Å². The molecule has 0 spiro atoms. The molecule has 0 saturated carbocycles. The summed E-state index contributed by atoms with van der Waals surface area (Å²) in [5.74, 6) is 0.674. The Balaban J connectivity index is 1.54. The van der Waals surface area contributed by atoms with Gasteiger partial charge in [0.15, 0.2) is 0 Å². The summed E-state index contributed by atoms with van der Waals surface area (Å²) in [6, 6.07) is 7.74. The van der Waals surface area contributed by atoms with Crippen LogP contribution in [0.25, 0.3) is 0 Å². The fraction of sp³-hybridized carbons (Fsp3) is 0.400. The SMILES string of the molecule is Cc1cc(OC2CCN(C(=O)Cc3cccc(C(F)(F)F)c3)CC2)cc(=O)o1. The van der Waals surface area contributed by atoms with Crippen LogP contribution >= 0.6 is 0 Å². The van der Waals surface area contributed by atoms with Gasteiger partial charge < -0.3 is 14.1 Å². The Kier molecular flexibility index (Phi) is 5.76. The summed E-state index contributed by atoms with van der Waals surface area (Å²) in [5, 5.41) is 0. The fourth-order valence-electron chi connectivity index (χ4n) is 3.20. The summed E-state index contributed by atoms with van der Waals surface area (Å²) in [6.07, 6.45) is -3.49. The molecule has 3 rings (SSSR count). The molecule has 1 fully saturated rings. The molecule has 1 saturated heterocycles. The van der Waals surface area contributed by atoms with Gasteiger partial charge in [-0.05, 0) is 18.6 Å². The van der Waals surface area contributed by atoms with E-state index in [0.29, 0.717) is 43.0 Å². The standard InChI is InChI=1S/C20H20F3NO4/c1-13-9-17(12-19(26)27-13)28-16-5-7-24(8-6-16)18(25)11-14-3-2-4-15(10-14)20(21,22)23/h2-4,9-10,12,16H,5-8,11H2,1H3. The molecule has 5 nitrogen and oxygen atoms in total. The van der Waals surface area contributed by atoms with Crippen molar-refractivity contribution in [1.29, 1.82) is 0 Å². The van der Waals surface area contributed by atoms with Gasteiger partial charge in [0.25, 0.3) is 0 Å². The van der Waals surface area contributed by atoms with Crippen molar-refractivity contribution in [2.24, 2.45) is 0 Å². The third kappa shape index (κ3) is 5.15. The number of carbonyl (C=O) groups excluding carboxylic acids is 1. The van der Waals surface area contributed by atoms with Crippen molar-refractivity contribution in [3.8, 4) is 5.75 Å². The van der Waals surface area contributed by atoms with Gasteiger partial charge in [0.05, 0.1) is 18.1 Å². The van der Waals surface area contributed by atoms with Crippen LogP contribution < -0.4 is 10.4 Å². The number of nitrogens with zero attached hydrogens (tertiary/aromatic N) is 1. The van der Waals surface area contributed by atoms with Gasteiger partial charge in [-0.3, -0.25) is 4.79 Å². The number of benzene rings is 1. The minimum Gasteiger partial charge on any atom is -0.490 e. The Labute approximate surface area is 159 Å². The topological polar surface area (TPSA) is 59.8 Å². The van der Waals surface area contributed by atoms with E-state index in [4.69, 9.17) is 9.15 Å². The largest absolute Gasteiger partial charge is 0.490 e. The molecule has 8 heteroatoms. The number of carbonyl (C=O) groups is 1. The van der Waals surface area contributed by atoms with Crippen LogP contribution in [0, 0.1) is 6.92 Å². The Hall–Kier alpha value is -2.77. The first-order valence-electron chi connectivity index (χ1n) is 8.93. The molecule has 0 unspecified atom stereocenters. The molecule has 1 aliphatic rings. The Morgan fingerprint density at radius 2 is 1.93 bits per heavy atom. The van der Waals surface area contributed by atoms with Crippen molar-refractivity contribution in [2.45, 2.75) is 38.5 Å². The van der Waals surface area contributed by atoms with Crippen LogP contribution in [0.1, 0.15) is 29.7 Å². The second kappa shape index (κ2) is 8.08. The highest BCUT2D eigenvalue weighted by molar-refractivity contribution is 5.79. The van der Waals surface area contributed by atoms with Crippen LogP contribution in [0.5, 0.6) is 5.75 Å². The predicted molar refractivity (Wildman–Crippen MR) is 95.1 cm³/mol. The number of aryl methyl sites for hydroxylation is 1. The maximum atomic E-state index is 12.8. The van der Waals surface area contributed by atoms with E-state index in [1.54, 1.807) is 17.9 Å². The Morgan fingerprint density at radius 3 is 2.57 bits per heavy atom. The van der Waals surface area contributed by atoms with Crippen LogP contribution in [0.4, 0.5) is 13.2 Å². The fourth-order valence-corrected chi connectivity index (χ4v) is 3.20. The van der Waals surface area contributed by atoms with Crippen LogP contribution in [0.3, 0.4) is 0 Å². The van der Waals surface area contributed by atoms with E-state index in [-0.39, 0.29) is 18.4 Å². The van der Waals surface area contributed by atoms with Crippen LogP contribution in [-0.2, 0) is 17.4 Å². The second-order valence-electron chi connectivity index (χ2n) is 6.80. The minimum absolute atomic E-state index is 0.0750. The number of hydrogen-bond acceptors (Lipinski definition) is 4. The Morgan fingerprint density at radius 1 is 1.21 bits per heavy atom. The number of alkyl halides is 3. The molecule has 0 aliphatic carbocycles. The van der Waals surface area contributed by atoms with Gasteiger partial charge in [0, 0.05) is 32.0 Å². The van der Waals surface area contributed by atoms with Crippen molar-refractivity contribution >= 4 is 5.91 Å². The van der Waals surface area contributed by atoms with Crippen molar-refractivity contribution in [3.05, 3.63) is 63.7 Å². The molecule has 0 atom stereocenters. The molecule has 0 N–H and O–H groups in total. The molecule has 1 aliphatic heterocycles. The van der Waals surface area contributed by atoms with Gasteiger partial charge in [0.1, 0.15) is 17.6 Å². The highest BCUT2D eigenvalue weighted by Crippen LogP contribution is 2.29. The number of amides is 1. The van der Waals surface area contributed by atoms with Crippen LogP contribution in [0.15, 0.2) is 45.6 Å². The van der Waals surface area contributed by atoms with E-state index < -0.39 is 17.4 Å². The quantitative estimate of drug-likeness (QED) is 0.794. The molecule has 2 heterocycles. The molecule has 2 aromatic rings. The minimum atomic E-state index is -4.43. The van der Waals surface area contributed by atoms with Gasteiger partial charge in [-0.25, -0.2) is 4.79 Å². The number of rotatable bonds is 4. The number of halogens is 3. The molecule has 1 amide bonds. The van der Waals surface area contributed by atoms with E-state index in [1.165, 1.54) is 18.2 Å². The lowest BCUT2D eigenvalue weighted by Gasteiger charge is -2.32. The van der Waals surface area contributed by atoms with Gasteiger partial charge in [-0.15, -0.1) is 0 Å². The molecule has 28 heavy (non-hydrogen) atoms. The van der Waals surface area contributed by atoms with Gasteiger partial charge in [0.2, 0.25) is 5.91 Å². The summed E-state index contributed by atoms with van der Waals surface area (Å²) < 4.78 is 49.1. The van der Waals surface area contributed by atoms with Crippen molar-refractivity contribution in [1.82, 2.24) is 4.90 Å². The third-order valence-corrected chi connectivity index (χ3v) is 4.57. The molecular weight excluding hydrogens is 375 g/mol. The molecule has 150 valence electrons. The molecular formula is C20H20F3NO4. The number of piperidine rings is 1. The van der Waals surface area contributed by atoms with Gasteiger partial charge in [-0.1, -0.05) is 18.2 Å². The summed E-state index contributed by atoms with van der Waals surface area (Å²) in [6.45, 7) is 2.55. The number of hydrogen-bond donors (Lipinski definition) is 0. The lowest BCUT2D eigenvalue weighted by atomic mass is 10.0. The molecule has 0 bridgehead atoms. The van der Waals surface area contributed by atoms with Crippen LogP contribution in [0.2, 0.25) is 0 Å². The smallest absolute Gasteiger partial charge is 0.416 e. The summed E-state index contributed by atoms with van der Waals surface area (Å²) >= 11 is 0. The first-order valence-corrected chi connectivity index (χ1v) is 8.93. The molecule has 0 radical (unpaired) electrons. The molecule has 1 aromatic heterocycles. The first-order chi connectivity index (χ1) is 13.2. The van der Waals surface area contributed by atoms with Crippen molar-refractivity contribution in [2.75, 3.05) is 13.1 Å². The molecule has 1 aromatic carbocycles. The van der Waals surface area contributed by atoms with Gasteiger partial charge in [-0.2, -0.15) is 13.2 Å². The van der Waals surface area contributed by atoms with E-state index in [1.807, 2.05) is 0 Å². The summed E-state index contributed by atoms with van der Waals surface area (Å²) in [7, 11) is 0. The maximum absolute atomic E-state index is 12.8. The zero-order chi connectivity index (χ0) is 20.3. The average Bonchev–Trinajstić information content (AvgIpc) is 2.61. The van der Waals surface area contributed by atoms with E-state index >= 15 is 0 Å². The highest BCUT2D eigenvalue weighted by Gasteiger charge is 2.31. The Bertz CT molecular complexity index is 899. The van der Waals surface area contributed by atoms with Gasteiger partial charge >= 0.3 is 11.8 Å². The summed E-state index contributed by atoms with van der Waals surface area (Å²) in [5.41, 5.74) is -0.902. The number of ether oxygens (including phenoxy) is 1. The van der Waals surface area contributed by atoms with Crippen molar-refractivity contribution in [3.63, 3.8) is 0 Å². The highest BCUT2D eigenvalue weighted by atomic mass is 19.4. The second-order valence-corrected chi connectivity index (χ2v) is 6.80. The monoisotopic (exact) mass is 395 g/mol. The maximum Gasteiger partial charge on any atom is 0.416 e. The lowest BCUT2D eigenvalue weighted by Crippen LogP contribution is -2.42. The number of likely N-dealkylation sites (tertiary alicyclic amines) is 1. The van der Waals surface area contributed by atoms with E-state index in [2.05, 4.69) is 0 Å². The zero-order valence-corrected chi connectivity index (χ0v) is 15.3. The van der Waals surface area contributed by atoms with Crippen molar-refractivity contribution < 1.29 is 27.1 Å². The predicted octanol–water partition coefficient (Wildman–Crippen LogP) is 3.58. The normalized spacial score (nSPS) is 15.5. The first kappa shape index (κ1) is 20.0. The average molecular weight is 395 g/mol. The van der Waals surface area contributed by atoms with E-state index in [0.717, 1.165) is 12.1 Å². The zero-order valence-electron chi connectivity index (χ0n) is 15.3. The third-order valence-electron chi connectivity index (χ3n) is 4.57. The lowest BCUT2D eigenvalue weighted by molar-refractivity contribution is -0.138. The summed E-state index contributed by atoms with van der Waals surface area (Å²) in [4.78, 5) is 25.4.